The van der Waals surface area contributed by atoms with Crippen LogP contribution in [0.2, 0.25) is 0 Å². The first-order valence-corrected chi connectivity index (χ1v) is 5.97. The second-order valence-corrected chi connectivity index (χ2v) is 3.86. The van der Waals surface area contributed by atoms with Crippen molar-refractivity contribution in [3.05, 3.63) is 23.4 Å². The van der Waals surface area contributed by atoms with Gasteiger partial charge in [-0.05, 0) is 31.4 Å². The van der Waals surface area contributed by atoms with Crippen molar-refractivity contribution in [2.45, 2.75) is 26.7 Å². The highest BCUT2D eigenvalue weighted by Crippen LogP contribution is 2.14. The summed E-state index contributed by atoms with van der Waals surface area (Å²) in [6.45, 7) is 6.33. The molecule has 92 valence electrons. The predicted molar refractivity (Wildman–Crippen MR) is 67.9 cm³/mol. The van der Waals surface area contributed by atoms with Crippen LogP contribution in [0.25, 0.3) is 0 Å². The van der Waals surface area contributed by atoms with E-state index < -0.39 is 0 Å². The van der Waals surface area contributed by atoms with Gasteiger partial charge in [0.25, 0.3) is 0 Å². The predicted octanol–water partition coefficient (Wildman–Crippen LogP) is 2.49. The van der Waals surface area contributed by atoms with E-state index in [9.17, 15) is 0 Å². The SMILES string of the molecule is CCCOCCCNc1nccc(C)c1C#N. The number of rotatable bonds is 7. The summed E-state index contributed by atoms with van der Waals surface area (Å²) < 4.78 is 5.38. The summed E-state index contributed by atoms with van der Waals surface area (Å²) in [5.41, 5.74) is 1.58. The highest BCUT2D eigenvalue weighted by molar-refractivity contribution is 5.55. The molecule has 0 unspecified atom stereocenters. The molecule has 0 aliphatic rings. The van der Waals surface area contributed by atoms with Gasteiger partial charge in [-0.1, -0.05) is 6.92 Å². The molecular weight excluding hydrogens is 214 g/mol. The third kappa shape index (κ3) is 4.41. The van der Waals surface area contributed by atoms with E-state index >= 15 is 0 Å². The van der Waals surface area contributed by atoms with Gasteiger partial charge in [-0.3, -0.25) is 0 Å². The number of pyridine rings is 1. The maximum Gasteiger partial charge on any atom is 0.144 e. The average molecular weight is 233 g/mol. The summed E-state index contributed by atoms with van der Waals surface area (Å²) in [5.74, 6) is 0.669. The molecule has 1 N–H and O–H groups in total. The lowest BCUT2D eigenvalue weighted by atomic mass is 10.1. The zero-order chi connectivity index (χ0) is 12.5. The zero-order valence-corrected chi connectivity index (χ0v) is 10.5. The number of hydrogen-bond acceptors (Lipinski definition) is 4. The number of nitrogens with zero attached hydrogens (tertiary/aromatic N) is 2. The van der Waals surface area contributed by atoms with Crippen LogP contribution in [-0.4, -0.2) is 24.7 Å². The molecule has 0 fully saturated rings. The summed E-state index contributed by atoms with van der Waals surface area (Å²) in [4.78, 5) is 4.17. The Kier molecular flexibility index (Phi) is 6.05. The molecule has 0 bridgehead atoms. The summed E-state index contributed by atoms with van der Waals surface area (Å²) in [5, 5.41) is 12.2. The third-order valence-electron chi connectivity index (χ3n) is 2.38. The Labute approximate surface area is 103 Å². The van der Waals surface area contributed by atoms with Gasteiger partial charge >= 0.3 is 0 Å². The van der Waals surface area contributed by atoms with Gasteiger partial charge in [-0.15, -0.1) is 0 Å². The Morgan fingerprint density at radius 3 is 3.00 bits per heavy atom. The Balaban J connectivity index is 2.37. The monoisotopic (exact) mass is 233 g/mol. The summed E-state index contributed by atoms with van der Waals surface area (Å²) in [7, 11) is 0. The van der Waals surface area contributed by atoms with E-state index in [1.807, 2.05) is 13.0 Å². The second-order valence-electron chi connectivity index (χ2n) is 3.86. The van der Waals surface area contributed by atoms with Gasteiger partial charge in [0.15, 0.2) is 0 Å². The van der Waals surface area contributed by atoms with Crippen LogP contribution in [-0.2, 0) is 4.74 Å². The molecule has 0 aromatic carbocycles. The molecule has 1 aromatic rings. The standard InChI is InChI=1S/C13H19N3O/c1-3-8-17-9-4-6-15-13-12(10-14)11(2)5-7-16-13/h5,7H,3-4,6,8-9H2,1-2H3,(H,15,16). The van der Waals surface area contributed by atoms with Crippen molar-refractivity contribution in [3.63, 3.8) is 0 Å². The minimum absolute atomic E-state index is 0.627. The lowest BCUT2D eigenvalue weighted by Gasteiger charge is -2.08. The van der Waals surface area contributed by atoms with Crippen LogP contribution >= 0.6 is 0 Å². The minimum Gasteiger partial charge on any atom is -0.381 e. The lowest BCUT2D eigenvalue weighted by molar-refractivity contribution is 0.134. The first-order valence-electron chi connectivity index (χ1n) is 5.97. The molecule has 1 heterocycles. The second kappa shape index (κ2) is 7.64. The van der Waals surface area contributed by atoms with Crippen LogP contribution in [0.15, 0.2) is 12.3 Å². The van der Waals surface area contributed by atoms with E-state index in [-0.39, 0.29) is 0 Å². The van der Waals surface area contributed by atoms with Gasteiger partial charge < -0.3 is 10.1 Å². The quantitative estimate of drug-likeness (QED) is 0.735. The first-order chi connectivity index (χ1) is 8.29. The molecule has 0 radical (unpaired) electrons. The number of hydrogen-bond donors (Lipinski definition) is 1. The smallest absolute Gasteiger partial charge is 0.144 e. The summed E-state index contributed by atoms with van der Waals surface area (Å²) >= 11 is 0. The molecule has 1 rings (SSSR count). The van der Waals surface area contributed by atoms with E-state index in [0.29, 0.717) is 11.4 Å². The van der Waals surface area contributed by atoms with Crippen LogP contribution in [0.4, 0.5) is 5.82 Å². The van der Waals surface area contributed by atoms with Crippen LogP contribution in [0, 0.1) is 18.3 Å². The third-order valence-corrected chi connectivity index (χ3v) is 2.38. The Morgan fingerprint density at radius 2 is 2.29 bits per heavy atom. The maximum absolute atomic E-state index is 9.02. The van der Waals surface area contributed by atoms with Crippen LogP contribution in [0.5, 0.6) is 0 Å². The van der Waals surface area contributed by atoms with E-state index in [1.54, 1.807) is 6.20 Å². The Morgan fingerprint density at radius 1 is 1.47 bits per heavy atom. The Hall–Kier alpha value is -1.60. The van der Waals surface area contributed by atoms with Gasteiger partial charge in [0.2, 0.25) is 0 Å². The highest BCUT2D eigenvalue weighted by Gasteiger charge is 2.04. The topological polar surface area (TPSA) is 57.9 Å². The molecule has 1 aromatic heterocycles. The molecule has 0 saturated carbocycles. The normalized spacial score (nSPS) is 9.94. The summed E-state index contributed by atoms with van der Waals surface area (Å²) in [6.07, 6.45) is 3.68. The van der Waals surface area contributed by atoms with Crippen LogP contribution in [0.3, 0.4) is 0 Å². The molecule has 4 nitrogen and oxygen atoms in total. The van der Waals surface area contributed by atoms with E-state index in [4.69, 9.17) is 10.00 Å². The molecule has 4 heteroatoms. The fourth-order valence-corrected chi connectivity index (χ4v) is 1.46. The fourth-order valence-electron chi connectivity index (χ4n) is 1.46. The van der Waals surface area contributed by atoms with Crippen molar-refractivity contribution in [1.82, 2.24) is 4.98 Å². The van der Waals surface area contributed by atoms with Crippen LogP contribution < -0.4 is 5.32 Å². The van der Waals surface area contributed by atoms with Crippen molar-refractivity contribution in [3.8, 4) is 6.07 Å². The molecule has 0 aliphatic heterocycles. The molecule has 0 amide bonds. The van der Waals surface area contributed by atoms with Gasteiger partial charge in [-0.2, -0.15) is 5.26 Å². The number of aromatic nitrogens is 1. The van der Waals surface area contributed by atoms with Crippen LogP contribution in [0.1, 0.15) is 30.9 Å². The van der Waals surface area contributed by atoms with Gasteiger partial charge in [0.1, 0.15) is 11.9 Å². The molecule has 17 heavy (non-hydrogen) atoms. The number of aryl methyl sites for hydroxylation is 1. The molecule has 0 atom stereocenters. The van der Waals surface area contributed by atoms with Crippen molar-refractivity contribution in [1.29, 1.82) is 5.26 Å². The van der Waals surface area contributed by atoms with Crippen molar-refractivity contribution >= 4 is 5.82 Å². The number of nitriles is 1. The molecule has 0 spiro atoms. The van der Waals surface area contributed by atoms with Gasteiger partial charge in [0, 0.05) is 26.0 Å². The van der Waals surface area contributed by atoms with E-state index in [0.717, 1.165) is 38.2 Å². The fraction of sp³-hybridized carbons (Fsp3) is 0.538. The maximum atomic E-state index is 9.02. The van der Waals surface area contributed by atoms with Gasteiger partial charge in [0.05, 0.1) is 5.56 Å². The van der Waals surface area contributed by atoms with Crippen molar-refractivity contribution in [2.75, 3.05) is 25.1 Å². The molecular formula is C13H19N3O. The highest BCUT2D eigenvalue weighted by atomic mass is 16.5. The lowest BCUT2D eigenvalue weighted by Crippen LogP contribution is -2.09. The zero-order valence-electron chi connectivity index (χ0n) is 10.5. The number of nitrogens with one attached hydrogen (secondary N) is 1. The minimum atomic E-state index is 0.627. The van der Waals surface area contributed by atoms with E-state index in [1.165, 1.54) is 0 Å². The Bertz CT molecular complexity index is 385. The molecule has 0 saturated heterocycles. The number of ether oxygens (including phenoxy) is 1. The molecule has 0 aliphatic carbocycles. The van der Waals surface area contributed by atoms with Crippen molar-refractivity contribution in [2.24, 2.45) is 0 Å². The van der Waals surface area contributed by atoms with Gasteiger partial charge in [-0.25, -0.2) is 4.98 Å². The average Bonchev–Trinajstić information content (AvgIpc) is 2.34. The van der Waals surface area contributed by atoms with Crippen molar-refractivity contribution < 1.29 is 4.74 Å². The largest absolute Gasteiger partial charge is 0.381 e. The summed E-state index contributed by atoms with van der Waals surface area (Å²) in [6, 6.07) is 4.01. The number of anilines is 1. The van der Waals surface area contributed by atoms with E-state index in [2.05, 4.69) is 23.3 Å². The first kappa shape index (κ1) is 13.5.